The summed E-state index contributed by atoms with van der Waals surface area (Å²) in [6, 6.07) is 10.1. The summed E-state index contributed by atoms with van der Waals surface area (Å²) in [7, 11) is 1.52. The lowest BCUT2D eigenvalue weighted by molar-refractivity contribution is 0.103. The van der Waals surface area contributed by atoms with Gasteiger partial charge in [-0.15, -0.1) is 0 Å². The van der Waals surface area contributed by atoms with Gasteiger partial charge in [0.05, 0.1) is 12.8 Å². The van der Waals surface area contributed by atoms with E-state index in [2.05, 4.69) is 0 Å². The molecule has 1 aliphatic rings. The van der Waals surface area contributed by atoms with E-state index < -0.39 is 0 Å². The average molecular weight is 285 g/mol. The second-order valence-corrected chi connectivity index (χ2v) is 4.64. The van der Waals surface area contributed by atoms with Gasteiger partial charge >= 0.3 is 0 Å². The van der Waals surface area contributed by atoms with Crippen LogP contribution in [0.15, 0.2) is 36.4 Å². The molecule has 5 nitrogen and oxygen atoms in total. The molecule has 108 valence electrons. The number of hydrogen-bond donors (Lipinski definition) is 1. The van der Waals surface area contributed by atoms with Crippen LogP contribution in [0.4, 0.5) is 5.69 Å². The summed E-state index contributed by atoms with van der Waals surface area (Å²) in [6.45, 7) is 1.01. The molecule has 2 aromatic carbocycles. The summed E-state index contributed by atoms with van der Waals surface area (Å²) >= 11 is 0. The van der Waals surface area contributed by atoms with E-state index in [1.165, 1.54) is 7.11 Å². The molecule has 21 heavy (non-hydrogen) atoms. The fourth-order valence-corrected chi connectivity index (χ4v) is 2.20. The number of nitrogens with two attached hydrogens (primary N) is 1. The standard InChI is InChI=1S/C16H15NO4/c1-19-14-8-10(2-4-12(14)17)16(18)11-3-5-13-15(9-11)21-7-6-20-13/h2-5,8-9H,6-7,17H2,1H3. The maximum Gasteiger partial charge on any atom is 0.193 e. The zero-order valence-corrected chi connectivity index (χ0v) is 11.6. The maximum absolute atomic E-state index is 12.5. The molecule has 0 fully saturated rings. The van der Waals surface area contributed by atoms with Crippen molar-refractivity contribution in [3.05, 3.63) is 47.5 Å². The minimum atomic E-state index is -0.120. The van der Waals surface area contributed by atoms with Gasteiger partial charge in [0, 0.05) is 11.1 Å². The van der Waals surface area contributed by atoms with E-state index in [1.54, 1.807) is 36.4 Å². The Labute approximate surface area is 122 Å². The van der Waals surface area contributed by atoms with Crippen molar-refractivity contribution in [1.82, 2.24) is 0 Å². The first-order chi connectivity index (χ1) is 10.2. The molecule has 2 aromatic rings. The van der Waals surface area contributed by atoms with Crippen LogP contribution in [-0.4, -0.2) is 26.1 Å². The molecule has 0 radical (unpaired) electrons. The zero-order chi connectivity index (χ0) is 14.8. The SMILES string of the molecule is COc1cc(C(=O)c2ccc3c(c2)OCCO3)ccc1N. The van der Waals surface area contributed by atoms with Gasteiger partial charge in [0.15, 0.2) is 17.3 Å². The van der Waals surface area contributed by atoms with Crippen LogP contribution in [-0.2, 0) is 0 Å². The molecule has 3 rings (SSSR count). The summed E-state index contributed by atoms with van der Waals surface area (Å²) in [5.74, 6) is 1.62. The smallest absolute Gasteiger partial charge is 0.193 e. The Bertz CT molecular complexity index is 697. The van der Waals surface area contributed by atoms with Crippen molar-refractivity contribution >= 4 is 11.5 Å². The monoisotopic (exact) mass is 285 g/mol. The minimum absolute atomic E-state index is 0.120. The molecule has 0 bridgehead atoms. The van der Waals surface area contributed by atoms with Crippen LogP contribution in [0, 0.1) is 0 Å². The highest BCUT2D eigenvalue weighted by atomic mass is 16.6. The summed E-state index contributed by atoms with van der Waals surface area (Å²) in [6.07, 6.45) is 0. The molecule has 1 heterocycles. The fraction of sp³-hybridized carbons (Fsp3) is 0.188. The first kappa shape index (κ1) is 13.3. The number of nitrogen functional groups attached to an aromatic ring is 1. The van der Waals surface area contributed by atoms with E-state index in [0.29, 0.717) is 47.3 Å². The molecule has 0 spiro atoms. The average Bonchev–Trinajstić information content (AvgIpc) is 2.54. The molecule has 0 saturated carbocycles. The highest BCUT2D eigenvalue weighted by Gasteiger charge is 2.17. The van der Waals surface area contributed by atoms with E-state index in [1.807, 2.05) is 0 Å². The third kappa shape index (κ3) is 2.50. The number of carbonyl (C=O) groups is 1. The van der Waals surface area contributed by atoms with Gasteiger partial charge < -0.3 is 19.9 Å². The van der Waals surface area contributed by atoms with Crippen molar-refractivity contribution in [3.8, 4) is 17.2 Å². The number of anilines is 1. The fourth-order valence-electron chi connectivity index (χ4n) is 2.20. The number of carbonyl (C=O) groups excluding carboxylic acids is 1. The normalized spacial score (nSPS) is 12.8. The molecule has 1 aliphatic heterocycles. The Morgan fingerprint density at radius 1 is 1.05 bits per heavy atom. The molecule has 0 unspecified atom stereocenters. The molecular weight excluding hydrogens is 270 g/mol. The van der Waals surface area contributed by atoms with E-state index >= 15 is 0 Å². The quantitative estimate of drug-likeness (QED) is 0.692. The van der Waals surface area contributed by atoms with Crippen molar-refractivity contribution in [2.75, 3.05) is 26.1 Å². The van der Waals surface area contributed by atoms with Gasteiger partial charge in [0.1, 0.15) is 19.0 Å². The van der Waals surface area contributed by atoms with Gasteiger partial charge in [-0.25, -0.2) is 0 Å². The van der Waals surface area contributed by atoms with Crippen LogP contribution in [0.5, 0.6) is 17.2 Å². The second kappa shape index (κ2) is 5.36. The number of hydrogen-bond acceptors (Lipinski definition) is 5. The van der Waals surface area contributed by atoms with Gasteiger partial charge in [0.25, 0.3) is 0 Å². The van der Waals surface area contributed by atoms with Gasteiger partial charge in [-0.05, 0) is 36.4 Å². The number of ketones is 1. The lowest BCUT2D eigenvalue weighted by atomic mass is 10.0. The lowest BCUT2D eigenvalue weighted by Crippen LogP contribution is -2.16. The van der Waals surface area contributed by atoms with Crippen molar-refractivity contribution in [3.63, 3.8) is 0 Å². The predicted molar refractivity (Wildman–Crippen MR) is 78.3 cm³/mol. The highest BCUT2D eigenvalue weighted by molar-refractivity contribution is 6.09. The van der Waals surface area contributed by atoms with E-state index in [0.717, 1.165) is 0 Å². The Balaban J connectivity index is 1.95. The van der Waals surface area contributed by atoms with Crippen LogP contribution in [0.1, 0.15) is 15.9 Å². The number of rotatable bonds is 3. The Morgan fingerprint density at radius 3 is 2.48 bits per heavy atom. The van der Waals surface area contributed by atoms with Crippen LogP contribution in [0.2, 0.25) is 0 Å². The third-order valence-electron chi connectivity index (χ3n) is 3.30. The topological polar surface area (TPSA) is 70.8 Å². The van der Waals surface area contributed by atoms with E-state index in [9.17, 15) is 4.79 Å². The molecule has 2 N–H and O–H groups in total. The minimum Gasteiger partial charge on any atom is -0.495 e. The lowest BCUT2D eigenvalue weighted by Gasteiger charge is -2.18. The second-order valence-electron chi connectivity index (χ2n) is 4.64. The maximum atomic E-state index is 12.5. The Kier molecular flexibility index (Phi) is 3.39. The number of fused-ring (bicyclic) bond motifs is 1. The van der Waals surface area contributed by atoms with E-state index in [4.69, 9.17) is 19.9 Å². The predicted octanol–water partition coefficient (Wildman–Crippen LogP) is 2.28. The number of ether oxygens (including phenoxy) is 3. The first-order valence-electron chi connectivity index (χ1n) is 6.57. The van der Waals surface area contributed by atoms with Gasteiger partial charge in [0.2, 0.25) is 0 Å². The number of methoxy groups -OCH3 is 1. The van der Waals surface area contributed by atoms with Crippen LogP contribution in [0.25, 0.3) is 0 Å². The van der Waals surface area contributed by atoms with Crippen molar-refractivity contribution in [1.29, 1.82) is 0 Å². The molecule has 0 atom stereocenters. The molecular formula is C16H15NO4. The Morgan fingerprint density at radius 2 is 1.71 bits per heavy atom. The molecule has 0 saturated heterocycles. The first-order valence-corrected chi connectivity index (χ1v) is 6.57. The van der Waals surface area contributed by atoms with Gasteiger partial charge in [-0.1, -0.05) is 0 Å². The van der Waals surface area contributed by atoms with Crippen LogP contribution >= 0.6 is 0 Å². The highest BCUT2D eigenvalue weighted by Crippen LogP contribution is 2.32. The van der Waals surface area contributed by atoms with Gasteiger partial charge in [-0.2, -0.15) is 0 Å². The summed E-state index contributed by atoms with van der Waals surface area (Å²) in [4.78, 5) is 12.5. The Hall–Kier alpha value is -2.69. The number of benzene rings is 2. The molecule has 5 heteroatoms. The van der Waals surface area contributed by atoms with Crippen molar-refractivity contribution in [2.24, 2.45) is 0 Å². The van der Waals surface area contributed by atoms with Crippen LogP contribution in [0.3, 0.4) is 0 Å². The summed E-state index contributed by atoms with van der Waals surface area (Å²) < 4.78 is 16.1. The van der Waals surface area contributed by atoms with Crippen molar-refractivity contribution in [2.45, 2.75) is 0 Å². The molecule has 0 aliphatic carbocycles. The van der Waals surface area contributed by atoms with Gasteiger partial charge in [-0.3, -0.25) is 4.79 Å². The third-order valence-corrected chi connectivity index (χ3v) is 3.30. The summed E-state index contributed by atoms with van der Waals surface area (Å²) in [5, 5.41) is 0. The van der Waals surface area contributed by atoms with Crippen LogP contribution < -0.4 is 19.9 Å². The zero-order valence-electron chi connectivity index (χ0n) is 11.6. The van der Waals surface area contributed by atoms with Crippen molar-refractivity contribution < 1.29 is 19.0 Å². The summed E-state index contributed by atoms with van der Waals surface area (Å²) in [5.41, 5.74) is 7.30. The largest absolute Gasteiger partial charge is 0.495 e. The molecule has 0 aromatic heterocycles. The van der Waals surface area contributed by atoms with E-state index in [-0.39, 0.29) is 5.78 Å². The molecule has 0 amide bonds.